The Balaban J connectivity index is 2.91. The predicted octanol–water partition coefficient (Wildman–Crippen LogP) is 3.18. The van der Waals surface area contributed by atoms with Crippen molar-refractivity contribution in [2.75, 3.05) is 39.4 Å². The van der Waals surface area contributed by atoms with Gasteiger partial charge in [0.15, 0.2) is 0 Å². The first-order valence-corrected chi connectivity index (χ1v) is 8.65. The minimum Gasteiger partial charge on any atom is -0.360 e. The number of unbranched alkanes of at least 4 members (excludes halogenated alkanes) is 1. The number of hydrogen-bond donors (Lipinski definition) is 0. The molecule has 0 aromatic heterocycles. The standard InChI is InChI=1S/C8H20OP2/c1-10(2)8-6-5-7-9-11(3)4/h5-8H2,1-4H3. The van der Waals surface area contributed by atoms with Crippen LogP contribution in [0.2, 0.25) is 0 Å². The maximum atomic E-state index is 5.50. The lowest BCUT2D eigenvalue weighted by Gasteiger charge is -2.07. The normalized spacial score (nSPS) is 11.5. The molecular weight excluding hydrogens is 174 g/mol. The van der Waals surface area contributed by atoms with Crippen molar-refractivity contribution in [1.29, 1.82) is 0 Å². The van der Waals surface area contributed by atoms with E-state index in [2.05, 4.69) is 26.7 Å². The molecule has 0 N–H and O–H groups in total. The SMILES string of the molecule is CP(C)CCCCOP(C)C. The van der Waals surface area contributed by atoms with Crippen molar-refractivity contribution in [2.45, 2.75) is 12.8 Å². The van der Waals surface area contributed by atoms with Crippen LogP contribution in [0.5, 0.6) is 0 Å². The summed E-state index contributed by atoms with van der Waals surface area (Å²) < 4.78 is 5.50. The summed E-state index contributed by atoms with van der Waals surface area (Å²) in [4.78, 5) is 0. The lowest BCUT2D eigenvalue weighted by atomic mass is 10.4. The fourth-order valence-electron chi connectivity index (χ4n) is 0.777. The molecule has 68 valence electrons. The third-order valence-electron chi connectivity index (χ3n) is 1.35. The smallest absolute Gasteiger partial charge is 0.0508 e. The molecular formula is C8H20OP2. The Morgan fingerprint density at radius 3 is 2.09 bits per heavy atom. The zero-order valence-electron chi connectivity index (χ0n) is 8.13. The highest BCUT2D eigenvalue weighted by atomic mass is 31.1. The van der Waals surface area contributed by atoms with E-state index in [4.69, 9.17) is 4.52 Å². The summed E-state index contributed by atoms with van der Waals surface area (Å²) in [6.45, 7) is 9.96. The predicted molar refractivity (Wildman–Crippen MR) is 57.6 cm³/mol. The zero-order valence-corrected chi connectivity index (χ0v) is 9.92. The minimum atomic E-state index is -0.127. The second kappa shape index (κ2) is 7.47. The molecule has 0 spiro atoms. The molecule has 0 saturated carbocycles. The molecule has 0 saturated heterocycles. The molecule has 0 radical (unpaired) electrons. The van der Waals surface area contributed by atoms with Crippen molar-refractivity contribution >= 4 is 16.1 Å². The van der Waals surface area contributed by atoms with Gasteiger partial charge in [-0.05, 0) is 45.7 Å². The van der Waals surface area contributed by atoms with Gasteiger partial charge in [0.05, 0.1) is 6.61 Å². The lowest BCUT2D eigenvalue weighted by molar-refractivity contribution is 0.347. The van der Waals surface area contributed by atoms with E-state index in [-0.39, 0.29) is 8.15 Å². The molecule has 1 nitrogen and oxygen atoms in total. The summed E-state index contributed by atoms with van der Waals surface area (Å²) in [5.74, 6) is 0. The van der Waals surface area contributed by atoms with Crippen molar-refractivity contribution in [3.63, 3.8) is 0 Å². The Morgan fingerprint density at radius 2 is 1.64 bits per heavy atom. The summed E-state index contributed by atoms with van der Waals surface area (Å²) in [5, 5.41) is 0. The first-order chi connectivity index (χ1) is 5.13. The van der Waals surface area contributed by atoms with Gasteiger partial charge in [-0.25, -0.2) is 0 Å². The fraction of sp³-hybridized carbons (Fsp3) is 1.00. The van der Waals surface area contributed by atoms with Gasteiger partial charge in [0, 0.05) is 8.15 Å². The molecule has 0 aromatic carbocycles. The van der Waals surface area contributed by atoms with Crippen LogP contribution in [0.15, 0.2) is 0 Å². The Bertz CT molecular complexity index is 74.2. The zero-order chi connectivity index (χ0) is 8.69. The molecule has 0 amide bonds. The van der Waals surface area contributed by atoms with Gasteiger partial charge in [-0.3, -0.25) is 0 Å². The van der Waals surface area contributed by atoms with E-state index in [0.29, 0.717) is 7.92 Å². The summed E-state index contributed by atoms with van der Waals surface area (Å²) in [6.07, 6.45) is 4.01. The molecule has 0 unspecified atom stereocenters. The van der Waals surface area contributed by atoms with E-state index in [1.165, 1.54) is 19.0 Å². The van der Waals surface area contributed by atoms with Crippen LogP contribution in [0.3, 0.4) is 0 Å². The van der Waals surface area contributed by atoms with E-state index < -0.39 is 0 Å². The van der Waals surface area contributed by atoms with Crippen LogP contribution in [0, 0.1) is 0 Å². The van der Waals surface area contributed by atoms with Gasteiger partial charge in [0.25, 0.3) is 0 Å². The molecule has 0 fully saturated rings. The highest BCUT2D eigenvalue weighted by Crippen LogP contribution is 2.28. The third-order valence-corrected chi connectivity index (χ3v) is 3.26. The van der Waals surface area contributed by atoms with Crippen molar-refractivity contribution in [1.82, 2.24) is 0 Å². The van der Waals surface area contributed by atoms with Crippen molar-refractivity contribution in [3.05, 3.63) is 0 Å². The molecule has 0 aliphatic rings. The molecule has 0 atom stereocenters. The molecule has 11 heavy (non-hydrogen) atoms. The van der Waals surface area contributed by atoms with Gasteiger partial charge in [-0.1, -0.05) is 0 Å². The number of rotatable bonds is 6. The van der Waals surface area contributed by atoms with Crippen molar-refractivity contribution in [3.8, 4) is 0 Å². The highest BCUT2D eigenvalue weighted by molar-refractivity contribution is 7.55. The second-order valence-corrected chi connectivity index (χ2v) is 7.65. The van der Waals surface area contributed by atoms with Crippen LogP contribution in [0.4, 0.5) is 0 Å². The molecule has 0 bridgehead atoms. The summed E-state index contributed by atoms with van der Waals surface area (Å²) in [6, 6.07) is 0. The molecule has 0 aromatic rings. The van der Waals surface area contributed by atoms with Gasteiger partial charge >= 0.3 is 0 Å². The van der Waals surface area contributed by atoms with E-state index in [1.807, 2.05) is 0 Å². The van der Waals surface area contributed by atoms with Crippen LogP contribution in [0.1, 0.15) is 12.8 Å². The third kappa shape index (κ3) is 10.8. The first-order valence-electron chi connectivity index (χ1n) is 4.08. The fourth-order valence-corrected chi connectivity index (χ4v) is 2.13. The van der Waals surface area contributed by atoms with Gasteiger partial charge in [0.1, 0.15) is 0 Å². The van der Waals surface area contributed by atoms with Crippen LogP contribution >= 0.6 is 16.1 Å². The molecule has 0 heterocycles. The maximum absolute atomic E-state index is 5.50. The number of hydrogen-bond acceptors (Lipinski definition) is 1. The summed E-state index contributed by atoms with van der Waals surface area (Å²) in [5.41, 5.74) is 0. The first kappa shape index (κ1) is 11.8. The summed E-state index contributed by atoms with van der Waals surface area (Å²) >= 11 is 0. The van der Waals surface area contributed by atoms with Crippen LogP contribution in [0.25, 0.3) is 0 Å². The maximum Gasteiger partial charge on any atom is 0.0508 e. The van der Waals surface area contributed by atoms with Crippen LogP contribution in [-0.2, 0) is 4.52 Å². The molecule has 3 heteroatoms. The van der Waals surface area contributed by atoms with E-state index in [9.17, 15) is 0 Å². The quantitative estimate of drug-likeness (QED) is 0.466. The van der Waals surface area contributed by atoms with E-state index >= 15 is 0 Å². The molecule has 0 aliphatic carbocycles. The molecule has 0 rings (SSSR count). The van der Waals surface area contributed by atoms with Crippen molar-refractivity contribution < 1.29 is 4.52 Å². The Hall–Kier alpha value is 0.820. The monoisotopic (exact) mass is 194 g/mol. The minimum absolute atomic E-state index is 0.127. The largest absolute Gasteiger partial charge is 0.360 e. The van der Waals surface area contributed by atoms with Crippen LogP contribution in [-0.4, -0.2) is 39.4 Å². The Kier molecular flexibility index (Phi) is 8.02. The van der Waals surface area contributed by atoms with Gasteiger partial charge in [-0.2, -0.15) is 0 Å². The topological polar surface area (TPSA) is 9.23 Å². The highest BCUT2D eigenvalue weighted by Gasteiger charge is 1.94. The van der Waals surface area contributed by atoms with Crippen molar-refractivity contribution in [2.24, 2.45) is 0 Å². The van der Waals surface area contributed by atoms with E-state index in [1.54, 1.807) is 0 Å². The second-order valence-electron chi connectivity index (χ2n) is 3.16. The average Bonchev–Trinajstić information content (AvgIpc) is 1.85. The molecule has 0 aliphatic heterocycles. The Labute approximate surface area is 73.5 Å². The lowest BCUT2D eigenvalue weighted by Crippen LogP contribution is -1.90. The summed E-state index contributed by atoms with van der Waals surface area (Å²) in [7, 11) is 0.190. The van der Waals surface area contributed by atoms with Gasteiger partial charge in [-0.15, -0.1) is 7.92 Å². The van der Waals surface area contributed by atoms with Gasteiger partial charge in [0.2, 0.25) is 0 Å². The average molecular weight is 194 g/mol. The van der Waals surface area contributed by atoms with E-state index in [0.717, 1.165) is 6.61 Å². The van der Waals surface area contributed by atoms with Gasteiger partial charge < -0.3 is 4.52 Å². The Morgan fingerprint density at radius 1 is 1.00 bits per heavy atom. The van der Waals surface area contributed by atoms with Crippen LogP contribution < -0.4 is 0 Å².